The largest absolute Gasteiger partial charge is 0.463 e. The summed E-state index contributed by atoms with van der Waals surface area (Å²) in [5.74, 6) is -0.408. The molecular weight excluding hydrogens is 336 g/mol. The summed E-state index contributed by atoms with van der Waals surface area (Å²) in [5.41, 5.74) is 3.25. The highest BCUT2D eigenvalue weighted by atomic mass is 35.5. The predicted octanol–water partition coefficient (Wildman–Crippen LogP) is 4.66. The van der Waals surface area contributed by atoms with E-state index in [4.69, 9.17) is 16.3 Å². The van der Waals surface area contributed by atoms with E-state index in [1.807, 2.05) is 60.7 Å². The molecule has 0 N–H and O–H groups in total. The van der Waals surface area contributed by atoms with E-state index in [9.17, 15) is 4.79 Å². The smallest absolute Gasteiger partial charge is 0.332 e. The van der Waals surface area contributed by atoms with E-state index < -0.39 is 5.97 Å². The van der Waals surface area contributed by atoms with Gasteiger partial charge < -0.3 is 4.74 Å². The number of aromatic nitrogens is 2. The molecule has 0 aliphatic heterocycles. The van der Waals surface area contributed by atoms with Crippen molar-refractivity contribution in [2.45, 2.75) is 6.92 Å². The highest BCUT2D eigenvalue weighted by molar-refractivity contribution is 6.30. The molecule has 5 heteroatoms. The van der Waals surface area contributed by atoms with Crippen molar-refractivity contribution in [3.8, 4) is 11.3 Å². The number of rotatable bonds is 5. The number of ether oxygens (including phenoxy) is 1. The van der Waals surface area contributed by atoms with Gasteiger partial charge in [0.25, 0.3) is 0 Å². The molecule has 0 saturated carbocycles. The van der Waals surface area contributed by atoms with Crippen LogP contribution in [0.15, 0.2) is 72.9 Å². The van der Waals surface area contributed by atoms with Gasteiger partial charge in [0.1, 0.15) is 0 Å². The number of benzene rings is 2. The molecule has 4 nitrogen and oxygen atoms in total. The van der Waals surface area contributed by atoms with Crippen LogP contribution in [0.3, 0.4) is 0 Å². The first kappa shape index (κ1) is 17.0. The van der Waals surface area contributed by atoms with Crippen LogP contribution in [-0.4, -0.2) is 22.4 Å². The maximum Gasteiger partial charge on any atom is 0.332 e. The van der Waals surface area contributed by atoms with Gasteiger partial charge in [-0.3, -0.25) is 0 Å². The Kier molecular flexibility index (Phi) is 5.31. The Balaban J connectivity index is 2.12. The second-order valence-electron chi connectivity index (χ2n) is 5.29. The van der Waals surface area contributed by atoms with Crippen molar-refractivity contribution in [1.29, 1.82) is 0 Å². The highest BCUT2D eigenvalue weighted by Gasteiger charge is 2.14. The fourth-order valence-corrected chi connectivity index (χ4v) is 2.72. The average molecular weight is 353 g/mol. The summed E-state index contributed by atoms with van der Waals surface area (Å²) in [7, 11) is 0. The van der Waals surface area contributed by atoms with Crippen molar-refractivity contribution in [2.75, 3.05) is 6.61 Å². The highest BCUT2D eigenvalue weighted by Crippen LogP contribution is 2.27. The SMILES string of the molecule is CCOC(=O)C=C(c1ccccc1)n1nccc1-c1cccc(Cl)c1. The van der Waals surface area contributed by atoms with Gasteiger partial charge in [0.05, 0.1) is 24.2 Å². The van der Waals surface area contributed by atoms with E-state index in [0.29, 0.717) is 17.3 Å². The quantitative estimate of drug-likeness (QED) is 0.495. The second-order valence-corrected chi connectivity index (χ2v) is 5.72. The molecule has 0 amide bonds. The molecule has 0 spiro atoms. The molecule has 126 valence electrons. The lowest BCUT2D eigenvalue weighted by Gasteiger charge is -2.12. The number of hydrogen-bond acceptors (Lipinski definition) is 3. The lowest BCUT2D eigenvalue weighted by Crippen LogP contribution is -2.08. The van der Waals surface area contributed by atoms with Crippen molar-refractivity contribution in [2.24, 2.45) is 0 Å². The predicted molar refractivity (Wildman–Crippen MR) is 99.1 cm³/mol. The van der Waals surface area contributed by atoms with Crippen LogP contribution in [0.4, 0.5) is 0 Å². The molecule has 0 aliphatic carbocycles. The van der Waals surface area contributed by atoms with Gasteiger partial charge in [-0.25, -0.2) is 9.48 Å². The minimum absolute atomic E-state index is 0.317. The lowest BCUT2D eigenvalue weighted by atomic mass is 10.1. The van der Waals surface area contributed by atoms with Gasteiger partial charge in [-0.1, -0.05) is 54.1 Å². The zero-order valence-corrected chi connectivity index (χ0v) is 14.5. The molecule has 25 heavy (non-hydrogen) atoms. The summed E-state index contributed by atoms with van der Waals surface area (Å²) >= 11 is 6.12. The van der Waals surface area contributed by atoms with E-state index in [1.165, 1.54) is 6.08 Å². The number of esters is 1. The van der Waals surface area contributed by atoms with E-state index in [1.54, 1.807) is 17.8 Å². The van der Waals surface area contributed by atoms with Crippen LogP contribution in [0.2, 0.25) is 5.02 Å². The molecular formula is C20H17ClN2O2. The molecule has 3 rings (SSSR count). The van der Waals surface area contributed by atoms with Crippen molar-refractivity contribution in [3.63, 3.8) is 0 Å². The molecule has 3 aromatic rings. The molecule has 0 bridgehead atoms. The number of carbonyl (C=O) groups is 1. The van der Waals surface area contributed by atoms with Crippen molar-refractivity contribution in [1.82, 2.24) is 9.78 Å². The Hall–Kier alpha value is -2.85. The fourth-order valence-electron chi connectivity index (χ4n) is 2.53. The standard InChI is InChI=1S/C20H17ClN2O2/c1-2-25-20(24)14-19(15-7-4-3-5-8-15)23-18(11-12-22-23)16-9-6-10-17(21)13-16/h3-14H,2H2,1H3. The molecule has 1 heterocycles. The Bertz CT molecular complexity index is 901. The van der Waals surface area contributed by atoms with E-state index >= 15 is 0 Å². The molecule has 0 fully saturated rings. The summed E-state index contributed by atoms with van der Waals surface area (Å²) in [6.07, 6.45) is 3.15. The third kappa shape index (κ3) is 3.98. The summed E-state index contributed by atoms with van der Waals surface area (Å²) in [5, 5.41) is 5.05. The Labute approximate surface area is 151 Å². The number of halogens is 1. The minimum Gasteiger partial charge on any atom is -0.463 e. The van der Waals surface area contributed by atoms with Gasteiger partial charge in [-0.2, -0.15) is 5.10 Å². The first-order valence-corrected chi connectivity index (χ1v) is 8.31. The van der Waals surface area contributed by atoms with Crippen molar-refractivity contribution in [3.05, 3.63) is 83.5 Å². The summed E-state index contributed by atoms with van der Waals surface area (Å²) in [4.78, 5) is 12.1. The Morgan fingerprint density at radius 2 is 1.96 bits per heavy atom. The van der Waals surface area contributed by atoms with Gasteiger partial charge in [-0.15, -0.1) is 0 Å². The molecule has 1 aromatic heterocycles. The molecule has 0 radical (unpaired) electrons. The van der Waals surface area contributed by atoms with E-state index in [2.05, 4.69) is 5.10 Å². The summed E-state index contributed by atoms with van der Waals surface area (Å²) in [6.45, 7) is 2.09. The summed E-state index contributed by atoms with van der Waals surface area (Å²) in [6, 6.07) is 19.0. The second kappa shape index (κ2) is 7.81. The third-order valence-corrected chi connectivity index (χ3v) is 3.84. The van der Waals surface area contributed by atoms with E-state index in [0.717, 1.165) is 16.8 Å². The third-order valence-electron chi connectivity index (χ3n) is 3.60. The fraction of sp³-hybridized carbons (Fsp3) is 0.100. The number of hydrogen-bond donors (Lipinski definition) is 0. The maximum absolute atomic E-state index is 12.1. The zero-order valence-electron chi connectivity index (χ0n) is 13.7. The zero-order chi connectivity index (χ0) is 17.6. The van der Waals surface area contributed by atoms with Crippen LogP contribution in [0.25, 0.3) is 17.0 Å². The van der Waals surface area contributed by atoms with Crippen molar-refractivity contribution >= 4 is 23.3 Å². The minimum atomic E-state index is -0.408. The van der Waals surface area contributed by atoms with Crippen LogP contribution in [0, 0.1) is 0 Å². The number of carbonyl (C=O) groups excluding carboxylic acids is 1. The maximum atomic E-state index is 12.1. The normalized spacial score (nSPS) is 11.4. The van der Waals surface area contributed by atoms with Crippen LogP contribution < -0.4 is 0 Å². The topological polar surface area (TPSA) is 44.1 Å². The molecule has 0 saturated heterocycles. The molecule has 0 atom stereocenters. The summed E-state index contributed by atoms with van der Waals surface area (Å²) < 4.78 is 6.80. The van der Waals surface area contributed by atoms with E-state index in [-0.39, 0.29) is 0 Å². The first-order chi connectivity index (χ1) is 12.2. The monoisotopic (exact) mass is 352 g/mol. The van der Waals surface area contributed by atoms with Crippen LogP contribution in [0.1, 0.15) is 12.5 Å². The number of nitrogens with zero attached hydrogens (tertiary/aromatic N) is 2. The van der Waals surface area contributed by atoms with Crippen LogP contribution in [-0.2, 0) is 9.53 Å². The van der Waals surface area contributed by atoms with Crippen LogP contribution >= 0.6 is 11.6 Å². The Morgan fingerprint density at radius 1 is 1.16 bits per heavy atom. The first-order valence-electron chi connectivity index (χ1n) is 7.93. The molecule has 2 aromatic carbocycles. The van der Waals surface area contributed by atoms with Gasteiger partial charge in [0, 0.05) is 22.2 Å². The lowest BCUT2D eigenvalue weighted by molar-refractivity contribution is -0.137. The van der Waals surface area contributed by atoms with Gasteiger partial charge in [0.2, 0.25) is 0 Å². The van der Waals surface area contributed by atoms with Gasteiger partial charge >= 0.3 is 5.97 Å². The molecule has 0 unspecified atom stereocenters. The van der Waals surface area contributed by atoms with Gasteiger partial charge in [0.15, 0.2) is 0 Å². The molecule has 0 aliphatic rings. The van der Waals surface area contributed by atoms with Gasteiger partial charge in [-0.05, 0) is 25.1 Å². The van der Waals surface area contributed by atoms with Crippen molar-refractivity contribution < 1.29 is 9.53 Å². The van der Waals surface area contributed by atoms with Crippen LogP contribution in [0.5, 0.6) is 0 Å². The Morgan fingerprint density at radius 3 is 2.68 bits per heavy atom. The average Bonchev–Trinajstić information content (AvgIpc) is 3.10.